The Balaban J connectivity index is 1.44. The predicted octanol–water partition coefficient (Wildman–Crippen LogP) is 3.36. The fraction of sp³-hybridized carbons (Fsp3) is 0.441. The Hall–Kier alpha value is -3.56. The second kappa shape index (κ2) is 11.8. The normalized spacial score (nSPS) is 28.8. The Morgan fingerprint density at radius 3 is 2.35 bits per heavy atom. The number of nitrogens with zero attached hydrogens (tertiary/aromatic N) is 4. The molecule has 2 aromatic carbocycles. The van der Waals surface area contributed by atoms with Crippen molar-refractivity contribution in [2.75, 3.05) is 49.6 Å². The third kappa shape index (κ3) is 4.86. The van der Waals surface area contributed by atoms with Crippen LogP contribution in [0.15, 0.2) is 78.9 Å². The smallest absolute Gasteiger partial charge is 0.251 e. The van der Waals surface area contributed by atoms with Gasteiger partial charge in [0.1, 0.15) is 6.04 Å². The van der Waals surface area contributed by atoms with Crippen LogP contribution in [0.2, 0.25) is 0 Å². The molecule has 1 N–H and O–H groups in total. The average Bonchev–Trinajstić information content (AvgIpc) is 3.36. The maximum atomic E-state index is 14.8. The third-order valence-corrected chi connectivity index (χ3v) is 11.3. The lowest BCUT2D eigenvalue weighted by Crippen LogP contribution is -2.57. The fourth-order valence-electron chi connectivity index (χ4n) is 7.40. The molecule has 0 radical (unpaired) electrons. The van der Waals surface area contributed by atoms with Gasteiger partial charge < -0.3 is 24.7 Å². The molecule has 43 heavy (non-hydrogen) atoms. The zero-order valence-corrected chi connectivity index (χ0v) is 25.8. The maximum absolute atomic E-state index is 14.8. The first-order chi connectivity index (χ1) is 20.8. The van der Waals surface area contributed by atoms with Crippen molar-refractivity contribution in [3.05, 3.63) is 84.5 Å². The van der Waals surface area contributed by atoms with Gasteiger partial charge in [0.05, 0.1) is 29.2 Å². The number of amides is 3. The minimum Gasteiger partial charge on any atom is -0.394 e. The van der Waals surface area contributed by atoms with Crippen molar-refractivity contribution in [2.45, 2.75) is 42.3 Å². The molecule has 4 aliphatic heterocycles. The molecule has 0 bridgehead atoms. The van der Waals surface area contributed by atoms with Crippen LogP contribution in [0, 0.1) is 11.8 Å². The van der Waals surface area contributed by atoms with Crippen LogP contribution in [0.1, 0.15) is 19.4 Å². The molecule has 226 valence electrons. The Bertz CT molecular complexity index is 1430. The van der Waals surface area contributed by atoms with Crippen molar-refractivity contribution in [3.63, 3.8) is 0 Å². The number of carbonyl (C=O) groups excluding carboxylic acids is 3. The van der Waals surface area contributed by atoms with Gasteiger partial charge in [0, 0.05) is 49.9 Å². The van der Waals surface area contributed by atoms with Crippen LogP contribution < -0.4 is 9.80 Å². The lowest BCUT2D eigenvalue weighted by Gasteiger charge is -2.38. The number of thioether (sulfide) groups is 1. The topological polar surface area (TPSA) is 84.4 Å². The van der Waals surface area contributed by atoms with Gasteiger partial charge in [-0.1, -0.05) is 54.6 Å². The lowest BCUT2D eigenvalue weighted by molar-refractivity contribution is -0.144. The zero-order valence-electron chi connectivity index (χ0n) is 25.0. The van der Waals surface area contributed by atoms with Crippen LogP contribution >= 0.6 is 11.8 Å². The van der Waals surface area contributed by atoms with E-state index in [9.17, 15) is 19.5 Å². The van der Waals surface area contributed by atoms with E-state index in [1.54, 1.807) is 33.5 Å². The number of hydrogen-bond acceptors (Lipinski definition) is 6. The number of rotatable bonds is 8. The molecule has 0 aliphatic carbocycles. The summed E-state index contributed by atoms with van der Waals surface area (Å²) in [6.07, 6.45) is 8.45. The van der Waals surface area contributed by atoms with E-state index in [1.807, 2.05) is 78.9 Å². The van der Waals surface area contributed by atoms with Gasteiger partial charge in [-0.05, 0) is 50.1 Å². The van der Waals surface area contributed by atoms with E-state index >= 15 is 0 Å². The standard InChI is InChI=1S/C34H40N4O4S/c1-4-36(5-2)24-14-16-25(17-15-24)37-20-10-18-34-29(28-27(43-34)13-9-19-35(3)31(28)40)32(41)38(30(34)33(37)42)26(22-39)21-23-11-7-6-8-12-23/h6-18,26-30,39H,4-5,19-22H2,1-3H3/t26-,27+,28-,29+,30?,34+/m1/s1. The third-order valence-electron chi connectivity index (χ3n) is 9.51. The van der Waals surface area contributed by atoms with E-state index in [0.29, 0.717) is 19.5 Å². The maximum Gasteiger partial charge on any atom is 0.251 e. The van der Waals surface area contributed by atoms with Gasteiger partial charge in [-0.25, -0.2) is 0 Å². The van der Waals surface area contributed by atoms with Crippen molar-refractivity contribution in [3.8, 4) is 0 Å². The van der Waals surface area contributed by atoms with Crippen LogP contribution in [0.25, 0.3) is 0 Å². The average molecular weight is 601 g/mol. The fourth-order valence-corrected chi connectivity index (χ4v) is 9.39. The Kier molecular flexibility index (Phi) is 8.13. The second-order valence-corrected chi connectivity index (χ2v) is 13.3. The van der Waals surface area contributed by atoms with Crippen molar-refractivity contribution in [2.24, 2.45) is 11.8 Å². The first-order valence-electron chi connectivity index (χ1n) is 15.2. The molecule has 0 aromatic heterocycles. The highest BCUT2D eigenvalue weighted by molar-refractivity contribution is 8.02. The van der Waals surface area contributed by atoms with Gasteiger partial charge in [-0.3, -0.25) is 14.4 Å². The highest BCUT2D eigenvalue weighted by Crippen LogP contribution is 2.61. The second-order valence-electron chi connectivity index (χ2n) is 11.8. The number of fused-ring (bicyclic) bond motifs is 2. The van der Waals surface area contributed by atoms with E-state index in [0.717, 1.165) is 30.0 Å². The number of benzene rings is 2. The number of likely N-dealkylation sites (N-methyl/N-ethyl adjacent to an activating group) is 1. The summed E-state index contributed by atoms with van der Waals surface area (Å²) in [5, 5.41) is 10.5. The zero-order chi connectivity index (χ0) is 30.3. The van der Waals surface area contributed by atoms with E-state index in [2.05, 4.69) is 18.7 Å². The van der Waals surface area contributed by atoms with E-state index in [1.165, 1.54) is 0 Å². The molecule has 3 amide bonds. The SMILES string of the molecule is CCN(CC)c1ccc(N2CC=C[C@]34S[C@H]5C=CCN(C)C(=O)[C@H]5[C@H]3C(=O)N([C@@H](CO)Cc3ccccc3)C4C2=O)cc1. The van der Waals surface area contributed by atoms with Crippen LogP contribution in [-0.4, -0.2) is 94.5 Å². The largest absolute Gasteiger partial charge is 0.394 e. The minimum atomic E-state index is -0.929. The number of aliphatic hydroxyl groups excluding tert-OH is 1. The molecule has 4 heterocycles. The van der Waals surface area contributed by atoms with Gasteiger partial charge in [-0.2, -0.15) is 0 Å². The number of likely N-dealkylation sites (tertiary alicyclic amines) is 1. The first kappa shape index (κ1) is 29.5. The monoisotopic (exact) mass is 600 g/mol. The number of hydrogen-bond donors (Lipinski definition) is 1. The molecule has 2 saturated heterocycles. The summed E-state index contributed by atoms with van der Waals surface area (Å²) in [6, 6.07) is 16.3. The molecule has 0 saturated carbocycles. The summed E-state index contributed by atoms with van der Waals surface area (Å²) in [6.45, 7) is 6.57. The highest BCUT2D eigenvalue weighted by Gasteiger charge is 2.71. The Labute approximate surface area is 258 Å². The van der Waals surface area contributed by atoms with Crippen LogP contribution in [0.3, 0.4) is 0 Å². The molecule has 2 fully saturated rings. The van der Waals surface area contributed by atoms with Crippen LogP contribution in [0.4, 0.5) is 11.4 Å². The van der Waals surface area contributed by atoms with Crippen molar-refractivity contribution < 1.29 is 19.5 Å². The number of aliphatic hydroxyl groups is 1. The molecule has 1 unspecified atom stereocenters. The van der Waals surface area contributed by atoms with Crippen LogP contribution in [-0.2, 0) is 20.8 Å². The molecule has 2 aromatic rings. The van der Waals surface area contributed by atoms with Crippen molar-refractivity contribution in [1.29, 1.82) is 0 Å². The van der Waals surface area contributed by atoms with Gasteiger partial charge in [0.25, 0.3) is 5.91 Å². The highest BCUT2D eigenvalue weighted by atomic mass is 32.2. The summed E-state index contributed by atoms with van der Waals surface area (Å²) in [5.74, 6) is -1.77. The summed E-state index contributed by atoms with van der Waals surface area (Å²) >= 11 is 1.56. The summed E-state index contributed by atoms with van der Waals surface area (Å²) in [4.78, 5) is 50.5. The summed E-state index contributed by atoms with van der Waals surface area (Å²) in [7, 11) is 1.77. The van der Waals surface area contributed by atoms with Crippen LogP contribution in [0.5, 0.6) is 0 Å². The predicted molar refractivity (Wildman–Crippen MR) is 171 cm³/mol. The van der Waals surface area contributed by atoms with Crippen molar-refractivity contribution >= 4 is 40.9 Å². The van der Waals surface area contributed by atoms with E-state index < -0.39 is 28.7 Å². The molecule has 1 spiro atoms. The molecule has 6 atom stereocenters. The van der Waals surface area contributed by atoms with Gasteiger partial charge in [-0.15, -0.1) is 11.8 Å². The molecular formula is C34H40N4O4S. The number of carbonyl (C=O) groups is 3. The Morgan fingerprint density at radius 2 is 1.67 bits per heavy atom. The Morgan fingerprint density at radius 1 is 0.953 bits per heavy atom. The summed E-state index contributed by atoms with van der Waals surface area (Å²) in [5.41, 5.74) is 2.82. The van der Waals surface area contributed by atoms with Gasteiger partial charge >= 0.3 is 0 Å². The summed E-state index contributed by atoms with van der Waals surface area (Å²) < 4.78 is -0.929. The van der Waals surface area contributed by atoms with E-state index in [4.69, 9.17) is 0 Å². The van der Waals surface area contributed by atoms with E-state index in [-0.39, 0.29) is 29.6 Å². The quantitative estimate of drug-likeness (QED) is 0.468. The van der Waals surface area contributed by atoms with Crippen molar-refractivity contribution in [1.82, 2.24) is 9.80 Å². The molecule has 8 nitrogen and oxygen atoms in total. The molecule has 4 aliphatic rings. The minimum absolute atomic E-state index is 0.0733. The molecule has 9 heteroatoms. The van der Waals surface area contributed by atoms with Gasteiger partial charge in [0.2, 0.25) is 11.8 Å². The van der Waals surface area contributed by atoms with Gasteiger partial charge in [0.15, 0.2) is 0 Å². The first-order valence-corrected chi connectivity index (χ1v) is 16.1. The lowest BCUT2D eigenvalue weighted by atomic mass is 9.78. The number of anilines is 2. The molecular weight excluding hydrogens is 560 g/mol. The molecule has 6 rings (SSSR count).